The molecule has 9 heteroatoms. The fourth-order valence-corrected chi connectivity index (χ4v) is 5.01. The second kappa shape index (κ2) is 9.68. The zero-order valence-corrected chi connectivity index (χ0v) is 18.5. The summed E-state index contributed by atoms with van der Waals surface area (Å²) in [5.41, 5.74) is 0.775. The number of benzene rings is 1. The SMILES string of the molecule is CCCCS(=O)(=O)Nc1ccc2c(c1)N(CC(=O)N1CCCCC1)C(=O)C(CC)O2. The van der Waals surface area contributed by atoms with Crippen molar-refractivity contribution in [2.75, 3.05) is 35.0 Å². The first-order valence-electron chi connectivity index (χ1n) is 10.7. The van der Waals surface area contributed by atoms with Crippen LogP contribution >= 0.6 is 0 Å². The number of nitrogens with one attached hydrogen (secondary N) is 1. The Morgan fingerprint density at radius 1 is 1.20 bits per heavy atom. The fourth-order valence-electron chi connectivity index (χ4n) is 3.75. The highest BCUT2D eigenvalue weighted by Crippen LogP contribution is 2.37. The van der Waals surface area contributed by atoms with Crippen LogP contribution in [-0.2, 0) is 19.6 Å². The van der Waals surface area contributed by atoms with Crippen LogP contribution in [0.5, 0.6) is 5.75 Å². The number of sulfonamides is 1. The van der Waals surface area contributed by atoms with Gasteiger partial charge in [-0.3, -0.25) is 19.2 Å². The van der Waals surface area contributed by atoms with E-state index in [1.807, 2.05) is 13.8 Å². The van der Waals surface area contributed by atoms with Crippen LogP contribution in [0.2, 0.25) is 0 Å². The van der Waals surface area contributed by atoms with Gasteiger partial charge >= 0.3 is 0 Å². The van der Waals surface area contributed by atoms with Crippen LogP contribution in [-0.4, -0.2) is 56.6 Å². The lowest BCUT2D eigenvalue weighted by Crippen LogP contribution is -2.51. The molecular weight excluding hydrogens is 406 g/mol. The number of amides is 2. The molecule has 0 saturated carbocycles. The molecule has 1 fully saturated rings. The van der Waals surface area contributed by atoms with Gasteiger partial charge in [-0.2, -0.15) is 0 Å². The number of anilines is 2. The molecule has 1 atom stereocenters. The Hall–Kier alpha value is -2.29. The first kappa shape index (κ1) is 22.4. The molecule has 2 aliphatic heterocycles. The summed E-state index contributed by atoms with van der Waals surface area (Å²) in [5.74, 6) is 0.135. The van der Waals surface area contributed by atoms with Crippen LogP contribution in [0.4, 0.5) is 11.4 Å². The Morgan fingerprint density at radius 2 is 1.93 bits per heavy atom. The zero-order valence-electron chi connectivity index (χ0n) is 17.7. The summed E-state index contributed by atoms with van der Waals surface area (Å²) in [6.45, 7) is 5.13. The summed E-state index contributed by atoms with van der Waals surface area (Å²) in [6.07, 6.45) is 4.23. The molecule has 2 heterocycles. The van der Waals surface area contributed by atoms with E-state index in [9.17, 15) is 18.0 Å². The van der Waals surface area contributed by atoms with Gasteiger partial charge in [-0.25, -0.2) is 8.42 Å². The minimum atomic E-state index is -3.48. The highest BCUT2D eigenvalue weighted by Gasteiger charge is 2.35. The predicted molar refractivity (Wildman–Crippen MR) is 116 cm³/mol. The van der Waals surface area contributed by atoms with Gasteiger partial charge in [-0.1, -0.05) is 20.3 Å². The van der Waals surface area contributed by atoms with Crippen LogP contribution in [0.15, 0.2) is 18.2 Å². The lowest BCUT2D eigenvalue weighted by molar-refractivity contribution is -0.134. The molecule has 1 aromatic rings. The van der Waals surface area contributed by atoms with E-state index in [1.54, 1.807) is 23.1 Å². The smallest absolute Gasteiger partial charge is 0.268 e. The molecule has 0 aliphatic carbocycles. The van der Waals surface area contributed by atoms with Crippen LogP contribution in [0.25, 0.3) is 0 Å². The molecule has 30 heavy (non-hydrogen) atoms. The van der Waals surface area contributed by atoms with E-state index in [0.717, 1.165) is 25.7 Å². The Balaban J connectivity index is 1.85. The summed E-state index contributed by atoms with van der Waals surface area (Å²) in [5, 5.41) is 0. The fraction of sp³-hybridized carbons (Fsp3) is 0.619. The molecule has 0 aromatic heterocycles. The lowest BCUT2D eigenvalue weighted by Gasteiger charge is -2.36. The summed E-state index contributed by atoms with van der Waals surface area (Å²) in [7, 11) is -3.48. The summed E-state index contributed by atoms with van der Waals surface area (Å²) < 4.78 is 32.9. The largest absolute Gasteiger partial charge is 0.478 e. The average molecular weight is 438 g/mol. The first-order valence-corrected chi connectivity index (χ1v) is 12.4. The predicted octanol–water partition coefficient (Wildman–Crippen LogP) is 2.74. The van der Waals surface area contributed by atoms with Crippen molar-refractivity contribution in [2.24, 2.45) is 0 Å². The van der Waals surface area contributed by atoms with E-state index in [2.05, 4.69) is 4.72 Å². The zero-order chi connectivity index (χ0) is 21.7. The average Bonchev–Trinajstić information content (AvgIpc) is 2.74. The number of hydrogen-bond donors (Lipinski definition) is 1. The minimum Gasteiger partial charge on any atom is -0.478 e. The highest BCUT2D eigenvalue weighted by molar-refractivity contribution is 7.92. The number of rotatable bonds is 8. The number of unbranched alkanes of at least 4 members (excludes halogenated alkanes) is 1. The molecule has 2 aliphatic rings. The van der Waals surface area contributed by atoms with Crippen molar-refractivity contribution < 1.29 is 22.7 Å². The molecule has 1 saturated heterocycles. The second-order valence-corrected chi connectivity index (χ2v) is 9.68. The maximum atomic E-state index is 13.0. The molecule has 8 nitrogen and oxygen atoms in total. The first-order chi connectivity index (χ1) is 14.3. The Kier molecular flexibility index (Phi) is 7.23. The third-order valence-corrected chi connectivity index (χ3v) is 6.85. The van der Waals surface area contributed by atoms with E-state index in [0.29, 0.717) is 43.1 Å². The number of carbonyl (C=O) groups excluding carboxylic acids is 2. The third kappa shape index (κ3) is 5.24. The van der Waals surface area contributed by atoms with Gasteiger partial charge in [0.05, 0.1) is 17.1 Å². The molecule has 1 N–H and O–H groups in total. The maximum Gasteiger partial charge on any atom is 0.268 e. The van der Waals surface area contributed by atoms with Gasteiger partial charge in [-0.15, -0.1) is 0 Å². The highest BCUT2D eigenvalue weighted by atomic mass is 32.2. The quantitative estimate of drug-likeness (QED) is 0.675. The lowest BCUT2D eigenvalue weighted by atomic mass is 10.1. The normalized spacial score (nSPS) is 19.3. The van der Waals surface area contributed by atoms with Gasteiger partial charge in [0.25, 0.3) is 5.91 Å². The number of piperidine rings is 1. The standard InChI is InChI=1S/C21H31N3O5S/c1-3-5-13-30(27,28)22-16-9-10-19-17(14-16)24(21(26)18(4-2)29-19)15-20(25)23-11-7-6-8-12-23/h9-10,14,18,22H,3-8,11-13,15H2,1-2H3. The van der Waals surface area contributed by atoms with Crippen molar-refractivity contribution in [3.8, 4) is 5.75 Å². The molecule has 3 rings (SSSR count). The Morgan fingerprint density at radius 3 is 2.60 bits per heavy atom. The van der Waals surface area contributed by atoms with Crippen molar-refractivity contribution in [1.29, 1.82) is 0 Å². The number of hydrogen-bond acceptors (Lipinski definition) is 5. The van der Waals surface area contributed by atoms with Crippen molar-refractivity contribution in [3.63, 3.8) is 0 Å². The summed E-state index contributed by atoms with van der Waals surface area (Å²) in [6, 6.07) is 4.85. The van der Waals surface area contributed by atoms with E-state index < -0.39 is 16.1 Å². The summed E-state index contributed by atoms with van der Waals surface area (Å²) in [4.78, 5) is 29.0. The van der Waals surface area contributed by atoms with Crippen LogP contribution in [0.3, 0.4) is 0 Å². The number of fused-ring (bicyclic) bond motifs is 1. The molecule has 1 aromatic carbocycles. The minimum absolute atomic E-state index is 0.0328. The molecule has 0 spiro atoms. The summed E-state index contributed by atoms with van der Waals surface area (Å²) >= 11 is 0. The Labute approximate surface area is 178 Å². The van der Waals surface area contributed by atoms with Crippen LogP contribution in [0, 0.1) is 0 Å². The third-order valence-electron chi connectivity index (χ3n) is 5.47. The van der Waals surface area contributed by atoms with Gasteiger partial charge in [0.1, 0.15) is 12.3 Å². The van der Waals surface area contributed by atoms with Crippen LogP contribution < -0.4 is 14.4 Å². The molecule has 166 valence electrons. The molecule has 2 amide bonds. The topological polar surface area (TPSA) is 96.0 Å². The number of carbonyl (C=O) groups is 2. The van der Waals surface area contributed by atoms with Crippen molar-refractivity contribution >= 4 is 33.2 Å². The van der Waals surface area contributed by atoms with Gasteiger partial charge in [0.2, 0.25) is 15.9 Å². The number of nitrogens with zero attached hydrogens (tertiary/aromatic N) is 2. The maximum absolute atomic E-state index is 13.0. The molecule has 1 unspecified atom stereocenters. The van der Waals surface area contributed by atoms with Crippen molar-refractivity contribution in [2.45, 2.75) is 58.5 Å². The Bertz CT molecular complexity index is 881. The number of ether oxygens (including phenoxy) is 1. The van der Waals surface area contributed by atoms with Gasteiger partial charge in [0.15, 0.2) is 6.10 Å². The van der Waals surface area contributed by atoms with E-state index in [4.69, 9.17) is 4.74 Å². The van der Waals surface area contributed by atoms with Crippen molar-refractivity contribution in [3.05, 3.63) is 18.2 Å². The van der Waals surface area contributed by atoms with Gasteiger partial charge < -0.3 is 9.64 Å². The van der Waals surface area contributed by atoms with E-state index >= 15 is 0 Å². The monoisotopic (exact) mass is 437 g/mol. The van der Waals surface area contributed by atoms with Gasteiger partial charge in [-0.05, 0) is 50.3 Å². The second-order valence-electron chi connectivity index (χ2n) is 7.84. The molecular formula is C21H31N3O5S. The number of likely N-dealkylation sites (tertiary alicyclic amines) is 1. The van der Waals surface area contributed by atoms with E-state index in [-0.39, 0.29) is 24.1 Å². The molecule has 0 radical (unpaired) electrons. The van der Waals surface area contributed by atoms with Crippen molar-refractivity contribution in [1.82, 2.24) is 4.90 Å². The van der Waals surface area contributed by atoms with Crippen LogP contribution in [0.1, 0.15) is 52.4 Å². The van der Waals surface area contributed by atoms with E-state index in [1.165, 1.54) is 4.90 Å². The van der Waals surface area contributed by atoms with Gasteiger partial charge in [0, 0.05) is 13.1 Å². The molecule has 0 bridgehead atoms.